The van der Waals surface area contributed by atoms with Gasteiger partial charge in [-0.05, 0) is 30.6 Å². The number of hydrogen-bond acceptors (Lipinski definition) is 0. The molecular weight excluding hydrogens is 275 g/mol. The van der Waals surface area contributed by atoms with Crippen molar-refractivity contribution < 1.29 is 0 Å². The van der Waals surface area contributed by atoms with Crippen LogP contribution in [0.2, 0.25) is 0 Å². The van der Waals surface area contributed by atoms with Crippen molar-refractivity contribution in [3.05, 3.63) is 57.7 Å². The van der Waals surface area contributed by atoms with Crippen LogP contribution in [0.3, 0.4) is 0 Å². The van der Waals surface area contributed by atoms with Crippen LogP contribution in [-0.2, 0) is 0 Å². The number of hydrogen-bond donors (Lipinski definition) is 0. The van der Waals surface area contributed by atoms with Gasteiger partial charge in [0.25, 0.3) is 0 Å². The Kier molecular flexibility index (Phi) is 3.87. The summed E-state index contributed by atoms with van der Waals surface area (Å²) in [7, 11) is 0. The van der Waals surface area contributed by atoms with Crippen LogP contribution < -0.4 is 0 Å². The van der Waals surface area contributed by atoms with Crippen molar-refractivity contribution in [1.29, 1.82) is 0 Å². The molecule has 90 valence electrons. The lowest BCUT2D eigenvalue weighted by Gasteiger charge is -2.21. The fourth-order valence-electron chi connectivity index (χ4n) is 1.96. The molecule has 0 aromatic heterocycles. The molecule has 0 nitrogen and oxygen atoms in total. The average Bonchev–Trinajstić information content (AvgIpc) is 2.68. The second kappa shape index (κ2) is 5.06. The summed E-state index contributed by atoms with van der Waals surface area (Å²) in [4.78, 5) is 0. The highest BCUT2D eigenvalue weighted by molar-refractivity contribution is 6.39. The van der Waals surface area contributed by atoms with Crippen molar-refractivity contribution in [3.63, 3.8) is 0 Å². The first-order chi connectivity index (χ1) is 8.02. The molecular formula is C14H13Cl3. The molecule has 2 aliphatic carbocycles. The van der Waals surface area contributed by atoms with E-state index < -0.39 is 0 Å². The summed E-state index contributed by atoms with van der Waals surface area (Å²) in [5, 5.41) is 0.276. The first-order valence-corrected chi connectivity index (χ1v) is 6.69. The minimum Gasteiger partial charge on any atom is -0.113 e. The molecule has 0 aromatic carbocycles. The van der Waals surface area contributed by atoms with Gasteiger partial charge < -0.3 is 0 Å². The molecule has 2 unspecified atom stereocenters. The first-order valence-electron chi connectivity index (χ1n) is 5.44. The molecule has 0 aromatic rings. The molecule has 2 atom stereocenters. The topological polar surface area (TPSA) is 0 Å². The third kappa shape index (κ3) is 2.40. The number of allylic oxidation sites excluding steroid dienone is 10. The predicted octanol–water partition coefficient (Wildman–Crippen LogP) is 5.10. The summed E-state index contributed by atoms with van der Waals surface area (Å²) in [6.45, 7) is 4.07. The van der Waals surface area contributed by atoms with Gasteiger partial charge in [0.05, 0.1) is 10.8 Å². The maximum Gasteiger partial charge on any atom is 0.0946 e. The smallest absolute Gasteiger partial charge is 0.0946 e. The fourth-order valence-corrected chi connectivity index (χ4v) is 2.93. The lowest BCUT2D eigenvalue weighted by molar-refractivity contribution is 1.13. The summed E-state index contributed by atoms with van der Waals surface area (Å²) in [6, 6.07) is 0. The second-order valence-corrected chi connectivity index (χ2v) is 5.64. The first kappa shape index (κ1) is 13.0. The van der Waals surface area contributed by atoms with Gasteiger partial charge in [-0.15, -0.1) is 23.2 Å². The van der Waals surface area contributed by atoms with Crippen LogP contribution in [0.15, 0.2) is 57.7 Å². The molecule has 2 rings (SSSR count). The van der Waals surface area contributed by atoms with E-state index in [1.807, 2.05) is 44.2 Å². The molecule has 2 aliphatic rings. The van der Waals surface area contributed by atoms with Gasteiger partial charge in [-0.2, -0.15) is 0 Å². The number of rotatable bonds is 1. The Morgan fingerprint density at radius 1 is 1.18 bits per heavy atom. The molecule has 0 fully saturated rings. The average molecular weight is 288 g/mol. The van der Waals surface area contributed by atoms with Crippen molar-refractivity contribution in [1.82, 2.24) is 0 Å². The maximum atomic E-state index is 6.36. The van der Waals surface area contributed by atoms with Gasteiger partial charge in [-0.1, -0.05) is 47.6 Å². The summed E-state index contributed by atoms with van der Waals surface area (Å²) in [5.74, 6) is 0. The Balaban J connectivity index is 2.40. The van der Waals surface area contributed by atoms with Crippen molar-refractivity contribution in [3.8, 4) is 0 Å². The van der Waals surface area contributed by atoms with Crippen molar-refractivity contribution in [2.24, 2.45) is 0 Å². The van der Waals surface area contributed by atoms with Gasteiger partial charge in [0, 0.05) is 5.03 Å². The van der Waals surface area contributed by atoms with E-state index in [1.165, 1.54) is 5.57 Å². The minimum atomic E-state index is -0.271. The van der Waals surface area contributed by atoms with E-state index in [-0.39, 0.29) is 10.8 Å². The summed E-state index contributed by atoms with van der Waals surface area (Å²) in [5.41, 5.74) is 4.21. The normalized spacial score (nSPS) is 27.8. The summed E-state index contributed by atoms with van der Waals surface area (Å²) >= 11 is 18.9. The van der Waals surface area contributed by atoms with E-state index in [0.29, 0.717) is 5.03 Å². The third-order valence-electron chi connectivity index (χ3n) is 2.92. The largest absolute Gasteiger partial charge is 0.113 e. The van der Waals surface area contributed by atoms with Crippen LogP contribution in [0, 0.1) is 0 Å². The van der Waals surface area contributed by atoms with Crippen LogP contribution in [0.25, 0.3) is 0 Å². The fraction of sp³-hybridized carbons (Fsp3) is 0.286. The van der Waals surface area contributed by atoms with Crippen LogP contribution >= 0.6 is 34.8 Å². The lowest BCUT2D eigenvalue weighted by Crippen LogP contribution is -2.12. The molecule has 0 aliphatic heterocycles. The van der Waals surface area contributed by atoms with Gasteiger partial charge in [0.1, 0.15) is 0 Å². The van der Waals surface area contributed by atoms with Gasteiger partial charge in [0.15, 0.2) is 0 Å². The van der Waals surface area contributed by atoms with Gasteiger partial charge >= 0.3 is 0 Å². The van der Waals surface area contributed by atoms with Gasteiger partial charge in [0.2, 0.25) is 0 Å². The quantitative estimate of drug-likeness (QED) is 0.589. The molecule has 17 heavy (non-hydrogen) atoms. The molecule has 0 heterocycles. The summed E-state index contributed by atoms with van der Waals surface area (Å²) < 4.78 is 0. The Morgan fingerprint density at radius 2 is 1.88 bits per heavy atom. The standard InChI is InChI=1S/C14H13Cl3/c1-8(2)9-6-7-11(14(17)13(9)16)10-4-3-5-12(10)15/h3-7,12-13H,1-2H3. The monoisotopic (exact) mass is 286 g/mol. The molecule has 0 saturated heterocycles. The predicted molar refractivity (Wildman–Crippen MR) is 76.9 cm³/mol. The molecule has 0 bridgehead atoms. The minimum absolute atomic E-state index is 0.111. The SMILES string of the molecule is CC(C)=C1C=CC(C2=CC=CC2Cl)=C(Cl)C1Cl. The highest BCUT2D eigenvalue weighted by Gasteiger charge is 2.25. The van der Waals surface area contributed by atoms with E-state index in [9.17, 15) is 0 Å². The van der Waals surface area contributed by atoms with Crippen LogP contribution in [0.4, 0.5) is 0 Å². The zero-order valence-corrected chi connectivity index (χ0v) is 11.9. The Morgan fingerprint density at radius 3 is 2.41 bits per heavy atom. The van der Waals surface area contributed by atoms with Crippen LogP contribution in [-0.4, -0.2) is 10.8 Å². The number of halogens is 3. The Bertz CT molecular complexity index is 486. The molecule has 0 saturated carbocycles. The molecule has 0 N–H and O–H groups in total. The summed E-state index contributed by atoms with van der Waals surface area (Å²) in [6.07, 6.45) is 9.88. The third-order valence-corrected chi connectivity index (χ3v) is 4.29. The van der Waals surface area contributed by atoms with Crippen LogP contribution in [0.1, 0.15) is 13.8 Å². The van der Waals surface area contributed by atoms with E-state index >= 15 is 0 Å². The van der Waals surface area contributed by atoms with E-state index in [0.717, 1.165) is 16.7 Å². The van der Waals surface area contributed by atoms with E-state index in [1.54, 1.807) is 0 Å². The molecule has 3 heteroatoms. The highest BCUT2D eigenvalue weighted by Crippen LogP contribution is 2.38. The molecule has 0 amide bonds. The number of alkyl halides is 2. The second-order valence-electron chi connectivity index (χ2n) is 4.32. The molecule has 0 spiro atoms. The van der Waals surface area contributed by atoms with Crippen molar-refractivity contribution >= 4 is 34.8 Å². The molecule has 0 radical (unpaired) electrons. The Hall–Kier alpha value is -0.430. The zero-order valence-electron chi connectivity index (χ0n) is 9.68. The van der Waals surface area contributed by atoms with Crippen LogP contribution in [0.5, 0.6) is 0 Å². The van der Waals surface area contributed by atoms with E-state index in [4.69, 9.17) is 34.8 Å². The highest BCUT2D eigenvalue weighted by atomic mass is 35.5. The zero-order chi connectivity index (χ0) is 12.6. The maximum absolute atomic E-state index is 6.36. The van der Waals surface area contributed by atoms with Crippen molar-refractivity contribution in [2.45, 2.75) is 24.6 Å². The van der Waals surface area contributed by atoms with Gasteiger partial charge in [-0.25, -0.2) is 0 Å². The van der Waals surface area contributed by atoms with E-state index in [2.05, 4.69) is 0 Å². The lowest BCUT2D eigenvalue weighted by atomic mass is 9.93. The van der Waals surface area contributed by atoms with Gasteiger partial charge in [-0.3, -0.25) is 0 Å². The Labute approximate surface area is 117 Å². The van der Waals surface area contributed by atoms with Crippen molar-refractivity contribution in [2.75, 3.05) is 0 Å².